The van der Waals surface area contributed by atoms with Crippen LogP contribution in [0, 0.1) is 0 Å². The van der Waals surface area contributed by atoms with E-state index < -0.39 is 5.97 Å². The number of nitrogens with zero attached hydrogens (tertiary/aromatic N) is 1. The molecule has 0 radical (unpaired) electrons. The number of rotatable bonds is 9. The second-order valence-corrected chi connectivity index (χ2v) is 7.41. The van der Waals surface area contributed by atoms with Crippen molar-refractivity contribution >= 4 is 23.8 Å². The molecule has 0 saturated carbocycles. The lowest BCUT2D eigenvalue weighted by atomic mass is 9.92. The highest BCUT2D eigenvalue weighted by molar-refractivity contribution is 5.79. The standard InChI is InChI=1S/C26H24N2O4/c29-26(30)18-31-25-10-4-8-21-14-20(11-12-23(21)25)17-32-28-24(22-9-5-13-27-16-22)15-19-6-2-1-3-7-19/h1-10,13-16,28H,11-12,17-18H2,(H,29,30). The fourth-order valence-corrected chi connectivity index (χ4v) is 3.57. The van der Waals surface area contributed by atoms with Crippen LogP contribution in [0.3, 0.4) is 0 Å². The van der Waals surface area contributed by atoms with E-state index in [9.17, 15) is 4.79 Å². The molecule has 4 rings (SSSR count). The minimum atomic E-state index is -0.984. The number of benzene rings is 2. The highest BCUT2D eigenvalue weighted by Gasteiger charge is 2.16. The number of aliphatic carboxylic acids is 1. The maximum Gasteiger partial charge on any atom is 0.341 e. The molecule has 3 aromatic rings. The molecule has 162 valence electrons. The topological polar surface area (TPSA) is 80.7 Å². The lowest BCUT2D eigenvalue weighted by Crippen LogP contribution is -2.17. The summed E-state index contributed by atoms with van der Waals surface area (Å²) in [6.45, 7) is 0.0803. The third-order valence-electron chi connectivity index (χ3n) is 5.10. The van der Waals surface area contributed by atoms with E-state index in [-0.39, 0.29) is 6.61 Å². The van der Waals surface area contributed by atoms with Crippen LogP contribution in [-0.2, 0) is 16.1 Å². The van der Waals surface area contributed by atoms with Crippen molar-refractivity contribution in [3.8, 4) is 5.75 Å². The molecule has 32 heavy (non-hydrogen) atoms. The maximum atomic E-state index is 10.8. The van der Waals surface area contributed by atoms with Crippen LogP contribution in [-0.4, -0.2) is 29.3 Å². The van der Waals surface area contributed by atoms with Crippen molar-refractivity contribution in [1.82, 2.24) is 10.5 Å². The van der Waals surface area contributed by atoms with E-state index in [1.54, 1.807) is 12.4 Å². The summed E-state index contributed by atoms with van der Waals surface area (Å²) in [6, 6.07) is 19.6. The second kappa shape index (κ2) is 10.4. The number of carboxylic acids is 1. The number of aromatic nitrogens is 1. The van der Waals surface area contributed by atoms with Gasteiger partial charge in [-0.25, -0.2) is 4.79 Å². The molecule has 0 spiro atoms. The van der Waals surface area contributed by atoms with Gasteiger partial charge in [0.2, 0.25) is 0 Å². The zero-order chi connectivity index (χ0) is 22.2. The predicted octanol–water partition coefficient (Wildman–Crippen LogP) is 4.59. The zero-order valence-corrected chi connectivity index (χ0v) is 17.5. The first-order valence-electron chi connectivity index (χ1n) is 10.4. The Kier molecular flexibility index (Phi) is 6.94. The van der Waals surface area contributed by atoms with Gasteiger partial charge in [-0.2, -0.15) is 0 Å². The summed E-state index contributed by atoms with van der Waals surface area (Å²) in [5, 5.41) is 8.87. The molecule has 0 aliphatic heterocycles. The third kappa shape index (κ3) is 5.62. The number of ether oxygens (including phenoxy) is 1. The summed E-state index contributed by atoms with van der Waals surface area (Å²) in [6.07, 6.45) is 9.22. The van der Waals surface area contributed by atoms with Crippen LogP contribution in [0.2, 0.25) is 0 Å². The van der Waals surface area contributed by atoms with Gasteiger partial charge < -0.3 is 9.84 Å². The van der Waals surface area contributed by atoms with Crippen molar-refractivity contribution in [2.45, 2.75) is 12.8 Å². The molecule has 1 aromatic heterocycles. The van der Waals surface area contributed by atoms with Crippen LogP contribution >= 0.6 is 0 Å². The van der Waals surface area contributed by atoms with Gasteiger partial charge in [-0.15, -0.1) is 0 Å². The first kappa shape index (κ1) is 21.3. The lowest BCUT2D eigenvalue weighted by Gasteiger charge is -2.20. The average Bonchev–Trinajstić information content (AvgIpc) is 2.83. The molecule has 0 atom stereocenters. The molecule has 0 saturated heterocycles. The molecule has 6 heteroatoms. The molecule has 6 nitrogen and oxygen atoms in total. The largest absolute Gasteiger partial charge is 0.482 e. The monoisotopic (exact) mass is 428 g/mol. The van der Waals surface area contributed by atoms with Gasteiger partial charge in [0.1, 0.15) is 5.75 Å². The molecular weight excluding hydrogens is 404 g/mol. The molecule has 1 aliphatic rings. The van der Waals surface area contributed by atoms with Crippen LogP contribution in [0.15, 0.2) is 78.6 Å². The highest BCUT2D eigenvalue weighted by Crippen LogP contribution is 2.31. The summed E-state index contributed by atoms with van der Waals surface area (Å²) < 4.78 is 5.43. The summed E-state index contributed by atoms with van der Waals surface area (Å²) in [5.74, 6) is -0.356. The van der Waals surface area contributed by atoms with Gasteiger partial charge >= 0.3 is 5.97 Å². The molecule has 0 fully saturated rings. The van der Waals surface area contributed by atoms with Gasteiger partial charge in [-0.1, -0.05) is 48.5 Å². The lowest BCUT2D eigenvalue weighted by molar-refractivity contribution is -0.139. The number of carboxylic acid groups (broad SMARTS) is 1. The number of hydrogen-bond donors (Lipinski definition) is 2. The minimum absolute atomic E-state index is 0.342. The number of fused-ring (bicyclic) bond motifs is 1. The summed E-state index contributed by atoms with van der Waals surface area (Å²) in [5.41, 5.74) is 9.11. The second-order valence-electron chi connectivity index (χ2n) is 7.41. The number of carbonyl (C=O) groups is 1. The van der Waals surface area contributed by atoms with E-state index in [0.717, 1.165) is 46.4 Å². The van der Waals surface area contributed by atoms with Gasteiger partial charge in [-0.3, -0.25) is 15.3 Å². The van der Waals surface area contributed by atoms with Crippen LogP contribution in [0.1, 0.15) is 28.7 Å². The van der Waals surface area contributed by atoms with Crippen LogP contribution < -0.4 is 10.2 Å². The van der Waals surface area contributed by atoms with Gasteiger partial charge in [-0.05, 0) is 53.8 Å². The van der Waals surface area contributed by atoms with E-state index in [2.05, 4.69) is 16.5 Å². The van der Waals surface area contributed by atoms with Crippen molar-refractivity contribution in [2.75, 3.05) is 13.2 Å². The average molecular weight is 428 g/mol. The number of nitrogens with one attached hydrogen (secondary N) is 1. The Morgan fingerprint density at radius 1 is 1.06 bits per heavy atom. The SMILES string of the molecule is O=C(O)COc1cccc2c1CCC(CONC(=Cc1ccccc1)c1cccnc1)=C2. The third-order valence-corrected chi connectivity index (χ3v) is 5.10. The Balaban J connectivity index is 1.44. The van der Waals surface area contributed by atoms with Crippen molar-refractivity contribution in [2.24, 2.45) is 0 Å². The molecule has 1 heterocycles. The zero-order valence-electron chi connectivity index (χ0n) is 17.5. The summed E-state index contributed by atoms with van der Waals surface area (Å²) in [7, 11) is 0. The van der Waals surface area contributed by atoms with Gasteiger partial charge in [0.05, 0.1) is 12.3 Å². The molecular formula is C26H24N2O4. The molecule has 1 aliphatic carbocycles. The van der Waals surface area contributed by atoms with Crippen molar-refractivity contribution in [1.29, 1.82) is 0 Å². The fraction of sp³-hybridized carbons (Fsp3) is 0.154. The van der Waals surface area contributed by atoms with Gasteiger partial charge in [0, 0.05) is 23.5 Å². The number of hydrogen-bond acceptors (Lipinski definition) is 5. The van der Waals surface area contributed by atoms with Crippen LogP contribution in [0.25, 0.3) is 17.8 Å². The van der Waals surface area contributed by atoms with Crippen molar-refractivity contribution in [3.63, 3.8) is 0 Å². The summed E-state index contributed by atoms with van der Waals surface area (Å²) in [4.78, 5) is 20.9. The van der Waals surface area contributed by atoms with E-state index in [1.807, 2.05) is 66.7 Å². The van der Waals surface area contributed by atoms with Gasteiger partial charge in [0.25, 0.3) is 0 Å². The first-order chi connectivity index (χ1) is 15.7. The van der Waals surface area contributed by atoms with Crippen LogP contribution in [0.5, 0.6) is 5.75 Å². The smallest absolute Gasteiger partial charge is 0.341 e. The molecule has 2 N–H and O–H groups in total. The van der Waals surface area contributed by atoms with E-state index in [4.69, 9.17) is 14.7 Å². The van der Waals surface area contributed by atoms with E-state index in [0.29, 0.717) is 12.4 Å². The fourth-order valence-electron chi connectivity index (χ4n) is 3.57. The Hall–Kier alpha value is -3.90. The minimum Gasteiger partial charge on any atom is -0.482 e. The number of pyridine rings is 1. The molecule has 0 amide bonds. The van der Waals surface area contributed by atoms with Crippen molar-refractivity contribution < 1.29 is 19.5 Å². The quantitative estimate of drug-likeness (QED) is 0.485. The molecule has 2 aromatic carbocycles. The Morgan fingerprint density at radius 2 is 1.94 bits per heavy atom. The van der Waals surface area contributed by atoms with E-state index >= 15 is 0 Å². The Labute approximate surface area is 186 Å². The first-order valence-corrected chi connectivity index (χ1v) is 10.4. The number of hydroxylamine groups is 1. The molecule has 0 unspecified atom stereocenters. The van der Waals surface area contributed by atoms with E-state index in [1.165, 1.54) is 0 Å². The Bertz CT molecular complexity index is 1130. The summed E-state index contributed by atoms with van der Waals surface area (Å²) >= 11 is 0. The Morgan fingerprint density at radius 3 is 2.72 bits per heavy atom. The maximum absolute atomic E-state index is 10.8. The van der Waals surface area contributed by atoms with Gasteiger partial charge in [0.15, 0.2) is 6.61 Å². The highest BCUT2D eigenvalue weighted by atomic mass is 16.6. The van der Waals surface area contributed by atoms with Crippen molar-refractivity contribution in [3.05, 3.63) is 101 Å². The van der Waals surface area contributed by atoms with Crippen LogP contribution in [0.4, 0.5) is 0 Å². The molecule has 0 bridgehead atoms. The normalized spacial score (nSPS) is 13.1. The predicted molar refractivity (Wildman–Crippen MR) is 124 cm³/mol.